The summed E-state index contributed by atoms with van der Waals surface area (Å²) in [5.74, 6) is -1.04. The Bertz CT molecular complexity index is 718. The maximum Gasteiger partial charge on any atom is 0.326 e. The Morgan fingerprint density at radius 3 is 2.74 bits per heavy atom. The molecule has 1 aromatic heterocycles. The van der Waals surface area contributed by atoms with Gasteiger partial charge < -0.3 is 15.2 Å². The maximum absolute atomic E-state index is 12.1. The van der Waals surface area contributed by atoms with Crippen molar-refractivity contribution in [3.63, 3.8) is 0 Å². The first-order valence-electron chi connectivity index (χ1n) is 6.95. The molecule has 0 radical (unpaired) electrons. The molecule has 1 aromatic carbocycles. The van der Waals surface area contributed by atoms with E-state index in [1.54, 1.807) is 31.2 Å². The van der Waals surface area contributed by atoms with Crippen LogP contribution >= 0.6 is 0 Å². The minimum Gasteiger partial charge on any atom is -0.497 e. The lowest BCUT2D eigenvalue weighted by Crippen LogP contribution is -2.42. The number of aromatic nitrogens is 2. The molecule has 0 fully saturated rings. The molecular formula is C16H17N3O4. The highest BCUT2D eigenvalue weighted by molar-refractivity contribution is 5.95. The summed E-state index contributed by atoms with van der Waals surface area (Å²) >= 11 is 0. The van der Waals surface area contributed by atoms with Gasteiger partial charge in [0.25, 0.3) is 5.91 Å². The van der Waals surface area contributed by atoms with Gasteiger partial charge >= 0.3 is 5.97 Å². The third-order valence-electron chi connectivity index (χ3n) is 3.21. The molecule has 1 atom stereocenters. The van der Waals surface area contributed by atoms with Crippen molar-refractivity contribution < 1.29 is 19.4 Å². The van der Waals surface area contributed by atoms with Crippen LogP contribution in [0.5, 0.6) is 5.75 Å². The van der Waals surface area contributed by atoms with Gasteiger partial charge in [-0.1, -0.05) is 12.1 Å². The fraction of sp³-hybridized carbons (Fsp3) is 0.250. The number of amides is 1. The lowest BCUT2D eigenvalue weighted by atomic mass is 10.1. The van der Waals surface area contributed by atoms with E-state index in [9.17, 15) is 14.7 Å². The van der Waals surface area contributed by atoms with Crippen molar-refractivity contribution >= 4 is 11.9 Å². The largest absolute Gasteiger partial charge is 0.497 e. The number of carbonyl (C=O) groups is 2. The number of rotatable bonds is 6. The molecule has 2 aromatic rings. The van der Waals surface area contributed by atoms with Crippen molar-refractivity contribution in [2.24, 2.45) is 0 Å². The number of nitrogens with zero attached hydrogens (tertiary/aromatic N) is 2. The van der Waals surface area contributed by atoms with Crippen LogP contribution in [0.4, 0.5) is 0 Å². The third-order valence-corrected chi connectivity index (χ3v) is 3.21. The predicted molar refractivity (Wildman–Crippen MR) is 82.4 cm³/mol. The fourth-order valence-electron chi connectivity index (χ4n) is 2.05. The maximum atomic E-state index is 12.1. The Morgan fingerprint density at radius 1 is 1.30 bits per heavy atom. The molecule has 0 aliphatic rings. The number of carbonyl (C=O) groups excluding carboxylic acids is 1. The van der Waals surface area contributed by atoms with Gasteiger partial charge in [-0.2, -0.15) is 0 Å². The molecule has 0 bridgehead atoms. The van der Waals surface area contributed by atoms with Gasteiger partial charge in [-0.3, -0.25) is 4.79 Å². The number of hydrogen-bond donors (Lipinski definition) is 2. The van der Waals surface area contributed by atoms with E-state index in [0.29, 0.717) is 11.4 Å². The summed E-state index contributed by atoms with van der Waals surface area (Å²) in [6.45, 7) is 1.73. The van der Waals surface area contributed by atoms with Crippen molar-refractivity contribution in [2.45, 2.75) is 19.4 Å². The molecular weight excluding hydrogens is 298 g/mol. The molecule has 120 valence electrons. The van der Waals surface area contributed by atoms with Crippen molar-refractivity contribution in [3.05, 3.63) is 53.6 Å². The molecule has 0 saturated carbocycles. The van der Waals surface area contributed by atoms with E-state index in [4.69, 9.17) is 4.74 Å². The first-order valence-corrected chi connectivity index (χ1v) is 6.95. The SMILES string of the molecule is COc1cccc(CC(NC(=O)c2cc(C)ncn2)C(=O)O)c1. The smallest absolute Gasteiger partial charge is 0.326 e. The van der Waals surface area contributed by atoms with Crippen LogP contribution in [0.2, 0.25) is 0 Å². The van der Waals surface area contributed by atoms with E-state index >= 15 is 0 Å². The van der Waals surface area contributed by atoms with Gasteiger partial charge in [0.05, 0.1) is 7.11 Å². The summed E-state index contributed by atoms with van der Waals surface area (Å²) in [5, 5.41) is 11.8. The zero-order chi connectivity index (χ0) is 16.8. The van der Waals surface area contributed by atoms with Crippen molar-refractivity contribution in [2.75, 3.05) is 7.11 Å². The average Bonchev–Trinajstić information content (AvgIpc) is 2.54. The highest BCUT2D eigenvalue weighted by Gasteiger charge is 2.22. The Hall–Kier alpha value is -2.96. The Labute approximate surface area is 133 Å². The van der Waals surface area contributed by atoms with E-state index in [1.165, 1.54) is 19.5 Å². The molecule has 1 heterocycles. The Morgan fingerprint density at radius 2 is 2.09 bits per heavy atom. The van der Waals surface area contributed by atoms with Gasteiger partial charge in [0.2, 0.25) is 0 Å². The van der Waals surface area contributed by atoms with Gasteiger partial charge in [-0.15, -0.1) is 0 Å². The van der Waals surface area contributed by atoms with Crippen molar-refractivity contribution in [1.29, 1.82) is 0 Å². The number of ether oxygens (including phenoxy) is 1. The van der Waals surface area contributed by atoms with Crippen LogP contribution in [0.15, 0.2) is 36.7 Å². The topological polar surface area (TPSA) is 101 Å². The normalized spacial score (nSPS) is 11.6. The van der Waals surface area contributed by atoms with Gasteiger partial charge in [0.1, 0.15) is 23.8 Å². The number of carboxylic acid groups (broad SMARTS) is 1. The number of hydrogen-bond acceptors (Lipinski definition) is 5. The van der Waals surface area contributed by atoms with Crippen LogP contribution in [0, 0.1) is 6.92 Å². The van der Waals surface area contributed by atoms with Gasteiger partial charge in [0.15, 0.2) is 0 Å². The highest BCUT2D eigenvalue weighted by atomic mass is 16.5. The third kappa shape index (κ3) is 4.50. The number of methoxy groups -OCH3 is 1. The Kier molecular flexibility index (Phi) is 5.24. The summed E-state index contributed by atoms with van der Waals surface area (Å²) < 4.78 is 5.11. The number of carboxylic acids is 1. The summed E-state index contributed by atoms with van der Waals surface area (Å²) in [5.41, 5.74) is 1.51. The summed E-state index contributed by atoms with van der Waals surface area (Å²) in [4.78, 5) is 31.3. The van der Waals surface area contributed by atoms with Crippen LogP contribution in [0.25, 0.3) is 0 Å². The van der Waals surface area contributed by atoms with Gasteiger partial charge in [0, 0.05) is 12.1 Å². The van der Waals surface area contributed by atoms with Crippen LogP contribution in [0.1, 0.15) is 21.7 Å². The lowest BCUT2D eigenvalue weighted by molar-refractivity contribution is -0.139. The van der Waals surface area contributed by atoms with Crippen LogP contribution < -0.4 is 10.1 Å². The van der Waals surface area contributed by atoms with E-state index in [1.807, 2.05) is 0 Å². The first-order chi connectivity index (χ1) is 11.0. The van der Waals surface area contributed by atoms with Gasteiger partial charge in [-0.05, 0) is 30.7 Å². The van der Waals surface area contributed by atoms with Crippen LogP contribution in [0.3, 0.4) is 0 Å². The number of nitrogens with one attached hydrogen (secondary N) is 1. The summed E-state index contributed by atoms with van der Waals surface area (Å²) in [6, 6.07) is 7.48. The predicted octanol–water partition coefficient (Wildman–Crippen LogP) is 1.22. The zero-order valence-corrected chi connectivity index (χ0v) is 12.8. The highest BCUT2D eigenvalue weighted by Crippen LogP contribution is 2.14. The monoisotopic (exact) mass is 315 g/mol. The molecule has 1 amide bonds. The molecule has 7 nitrogen and oxygen atoms in total. The second kappa shape index (κ2) is 7.35. The summed E-state index contributed by atoms with van der Waals surface area (Å²) in [6.07, 6.45) is 1.41. The molecule has 0 aliphatic heterocycles. The minimum atomic E-state index is -1.12. The standard InChI is InChI=1S/C16H17N3O4/c1-10-6-13(18-9-17-10)15(20)19-14(16(21)22)8-11-4-3-5-12(7-11)23-2/h3-7,9,14H,8H2,1-2H3,(H,19,20)(H,21,22). The molecule has 0 spiro atoms. The van der Waals surface area contributed by atoms with E-state index < -0.39 is 17.9 Å². The van der Waals surface area contributed by atoms with E-state index in [-0.39, 0.29) is 12.1 Å². The number of aryl methyl sites for hydroxylation is 1. The molecule has 7 heteroatoms. The van der Waals surface area contributed by atoms with Gasteiger partial charge in [-0.25, -0.2) is 14.8 Å². The minimum absolute atomic E-state index is 0.134. The second-order valence-electron chi connectivity index (χ2n) is 4.96. The molecule has 0 aliphatic carbocycles. The van der Waals surface area contributed by atoms with E-state index in [0.717, 1.165) is 5.56 Å². The number of benzene rings is 1. The molecule has 2 rings (SSSR count). The fourth-order valence-corrected chi connectivity index (χ4v) is 2.05. The van der Waals surface area contributed by atoms with Crippen molar-refractivity contribution in [3.8, 4) is 5.75 Å². The lowest BCUT2D eigenvalue weighted by Gasteiger charge is -2.15. The second-order valence-corrected chi connectivity index (χ2v) is 4.96. The van der Waals surface area contributed by atoms with Crippen molar-refractivity contribution in [1.82, 2.24) is 15.3 Å². The van der Waals surface area contributed by atoms with Crippen LogP contribution in [-0.4, -0.2) is 40.1 Å². The average molecular weight is 315 g/mol. The summed E-state index contributed by atoms with van der Waals surface area (Å²) in [7, 11) is 1.53. The Balaban J connectivity index is 2.12. The van der Waals surface area contributed by atoms with Crippen LogP contribution in [-0.2, 0) is 11.2 Å². The zero-order valence-electron chi connectivity index (χ0n) is 12.8. The molecule has 1 unspecified atom stereocenters. The molecule has 23 heavy (non-hydrogen) atoms. The molecule has 0 saturated heterocycles. The molecule has 2 N–H and O–H groups in total. The van der Waals surface area contributed by atoms with E-state index in [2.05, 4.69) is 15.3 Å². The first kappa shape index (κ1) is 16.4. The number of aliphatic carboxylic acids is 1. The quantitative estimate of drug-likeness (QED) is 0.831.